The lowest BCUT2D eigenvalue weighted by Gasteiger charge is -2.44. The molecule has 0 bridgehead atoms. The Labute approximate surface area is 399 Å². The normalized spacial score (nSPS) is 12.0. The van der Waals surface area contributed by atoms with Gasteiger partial charge in [0.25, 0.3) is 0 Å². The van der Waals surface area contributed by atoms with Crippen LogP contribution in [0.3, 0.4) is 0 Å². The highest BCUT2D eigenvalue weighted by Crippen LogP contribution is 2.31. The molecule has 4 aromatic carbocycles. The third kappa shape index (κ3) is 13.0. The second-order valence-electron chi connectivity index (χ2n) is 17.9. The number of rotatable bonds is 25. The Kier molecular flexibility index (Phi) is 23.1. The van der Waals surface area contributed by atoms with Gasteiger partial charge in [-0.1, -0.05) is 97.8 Å². The molecule has 0 fully saturated rings. The molecule has 4 aromatic rings. The summed E-state index contributed by atoms with van der Waals surface area (Å²) in [6.45, 7) is 11.2. The number of halogens is 20. The lowest BCUT2D eigenvalue weighted by atomic mass is 9.12. The first-order valence-corrected chi connectivity index (χ1v) is 23.5. The van der Waals surface area contributed by atoms with Crippen molar-refractivity contribution < 1.29 is 92.3 Å². The fourth-order valence-electron chi connectivity index (χ4n) is 9.03. The van der Waals surface area contributed by atoms with Gasteiger partial charge in [-0.25, -0.2) is 87.8 Å². The first kappa shape index (κ1) is 60.8. The summed E-state index contributed by atoms with van der Waals surface area (Å²) < 4.78 is 295. The Morgan fingerprint density at radius 2 is 0.366 bits per heavy atom. The summed E-state index contributed by atoms with van der Waals surface area (Å²) in [5.41, 5.74) is -14.3. The summed E-state index contributed by atoms with van der Waals surface area (Å²) in [6.07, 6.45) is 18.6. The van der Waals surface area contributed by atoms with Crippen LogP contribution in [0.25, 0.3) is 0 Å². The van der Waals surface area contributed by atoms with E-state index in [2.05, 4.69) is 27.8 Å². The fraction of sp³-hybridized carbons (Fsp3) is 0.510. The molecule has 22 heteroatoms. The van der Waals surface area contributed by atoms with Crippen molar-refractivity contribution in [2.24, 2.45) is 0 Å². The van der Waals surface area contributed by atoms with Crippen molar-refractivity contribution in [3.8, 4) is 0 Å². The second-order valence-corrected chi connectivity index (χ2v) is 17.9. The highest BCUT2D eigenvalue weighted by molar-refractivity contribution is 7.20. The monoisotopic (exact) mass is 1050 g/mol. The average molecular weight is 1050 g/mol. The molecule has 71 heavy (non-hydrogen) atoms. The van der Waals surface area contributed by atoms with E-state index in [-0.39, 0.29) is 0 Å². The van der Waals surface area contributed by atoms with Crippen molar-refractivity contribution in [3.63, 3.8) is 0 Å². The highest BCUT2D eigenvalue weighted by atomic mass is 19.2. The Morgan fingerprint density at radius 3 is 0.535 bits per heavy atom. The smallest absolute Gasteiger partial charge is 0.200 e. The highest BCUT2D eigenvalue weighted by Gasteiger charge is 2.52. The van der Waals surface area contributed by atoms with Crippen molar-refractivity contribution >= 4 is 28.0 Å². The van der Waals surface area contributed by atoms with E-state index in [1.807, 2.05) is 0 Å². The van der Waals surface area contributed by atoms with Gasteiger partial charge in [0.2, 0.25) is 0 Å². The standard InChI is InChI=1S/C25H54N.C24BF20/c1-5-8-11-14-17-20-23-26(4,24-21-18-15-12-9-6-2)25-22-19-16-13-10-7-3;26-5-1(6(27)14(35)21(42)13(5)34)25(2-7(28)15(36)22(43)16(37)8(2)29,3-9(30)17(38)23(44)18(39)10(3)31)4-11(32)19(40)24(45)20(41)12(4)33/h5-25H2,1-4H3;/q+1;-1. The maximum atomic E-state index is 15.4. The summed E-state index contributed by atoms with van der Waals surface area (Å²) in [5.74, 6) is -71.4. The van der Waals surface area contributed by atoms with E-state index in [9.17, 15) is 52.7 Å². The summed E-state index contributed by atoms with van der Waals surface area (Å²) in [6, 6.07) is 0. The van der Waals surface area contributed by atoms with Gasteiger partial charge in [-0.15, -0.1) is 21.9 Å². The molecule has 0 aromatic heterocycles. The van der Waals surface area contributed by atoms with Crippen LogP contribution in [0.4, 0.5) is 87.8 Å². The lowest BCUT2D eigenvalue weighted by molar-refractivity contribution is -0.910. The number of unbranched alkanes of at least 4 members (excludes halogenated alkanes) is 15. The van der Waals surface area contributed by atoms with E-state index in [1.165, 1.54) is 140 Å². The van der Waals surface area contributed by atoms with Gasteiger partial charge in [-0.3, -0.25) is 0 Å². The van der Waals surface area contributed by atoms with Crippen LogP contribution >= 0.6 is 0 Å². The number of quaternary nitrogens is 1. The molecule has 0 amide bonds. The average Bonchev–Trinajstić information content (AvgIpc) is 3.34. The van der Waals surface area contributed by atoms with Crippen LogP contribution in [0, 0.1) is 116 Å². The Bertz CT molecular complexity index is 2020. The van der Waals surface area contributed by atoms with Gasteiger partial charge in [0.15, 0.2) is 69.8 Å². The fourth-order valence-corrected chi connectivity index (χ4v) is 9.03. The largest absolute Gasteiger partial charge is 0.326 e. The van der Waals surface area contributed by atoms with Crippen LogP contribution < -0.4 is 21.9 Å². The third-order valence-electron chi connectivity index (χ3n) is 12.9. The molecule has 0 saturated heterocycles. The van der Waals surface area contributed by atoms with Crippen molar-refractivity contribution in [2.45, 2.75) is 136 Å². The van der Waals surface area contributed by atoms with Crippen LogP contribution in [-0.2, 0) is 0 Å². The molecule has 4 rings (SSSR count). The van der Waals surface area contributed by atoms with Crippen molar-refractivity contribution in [3.05, 3.63) is 116 Å². The van der Waals surface area contributed by atoms with Crippen LogP contribution in [0.15, 0.2) is 0 Å². The molecule has 0 saturated carbocycles. The van der Waals surface area contributed by atoms with Crippen molar-refractivity contribution in [1.82, 2.24) is 0 Å². The summed E-state index contributed by atoms with van der Waals surface area (Å²) in [7, 11) is 2.56. The number of hydrogen-bond acceptors (Lipinski definition) is 0. The topological polar surface area (TPSA) is 0 Å². The first-order chi connectivity index (χ1) is 33.4. The minimum Gasteiger partial charge on any atom is -0.326 e. The quantitative estimate of drug-likeness (QED) is 0.0155. The third-order valence-corrected chi connectivity index (χ3v) is 12.9. The van der Waals surface area contributed by atoms with Crippen molar-refractivity contribution in [2.75, 3.05) is 26.7 Å². The summed E-state index contributed by atoms with van der Waals surface area (Å²) in [4.78, 5) is 0. The molecule has 1 nitrogen and oxygen atoms in total. The van der Waals surface area contributed by atoms with E-state index in [0.29, 0.717) is 0 Å². The molecular formula is C49H54BF20N. The Morgan fingerprint density at radius 1 is 0.225 bits per heavy atom. The Hall–Kier alpha value is -4.50. The van der Waals surface area contributed by atoms with Gasteiger partial charge in [-0.05, 0) is 38.5 Å². The van der Waals surface area contributed by atoms with Gasteiger partial charge >= 0.3 is 0 Å². The predicted molar refractivity (Wildman–Crippen MR) is 230 cm³/mol. The van der Waals surface area contributed by atoms with Gasteiger partial charge in [0.1, 0.15) is 52.7 Å². The predicted octanol–water partition coefficient (Wildman–Crippen LogP) is 14.4. The molecule has 0 N–H and O–H groups in total. The van der Waals surface area contributed by atoms with E-state index in [0.717, 1.165) is 0 Å². The van der Waals surface area contributed by atoms with Gasteiger partial charge in [0.05, 0.1) is 26.7 Å². The molecule has 0 heterocycles. The number of nitrogens with zero attached hydrogens (tertiary/aromatic N) is 1. The van der Waals surface area contributed by atoms with Gasteiger partial charge in [0, 0.05) is 0 Å². The maximum Gasteiger partial charge on any atom is 0.200 e. The molecule has 398 valence electrons. The Balaban J connectivity index is 0.000000438. The molecule has 0 aliphatic carbocycles. The van der Waals surface area contributed by atoms with Gasteiger partial charge in [-0.2, -0.15) is 0 Å². The lowest BCUT2D eigenvalue weighted by Crippen LogP contribution is -2.81. The van der Waals surface area contributed by atoms with Crippen LogP contribution in [0.1, 0.15) is 136 Å². The van der Waals surface area contributed by atoms with Crippen molar-refractivity contribution in [1.29, 1.82) is 0 Å². The second kappa shape index (κ2) is 27.0. The molecule has 0 aliphatic rings. The first-order valence-electron chi connectivity index (χ1n) is 23.5. The zero-order chi connectivity index (χ0) is 53.7. The molecule has 0 radical (unpaired) electrons. The van der Waals surface area contributed by atoms with E-state index < -0.39 is 144 Å². The van der Waals surface area contributed by atoms with Gasteiger partial charge < -0.3 is 4.48 Å². The number of hydrogen-bond donors (Lipinski definition) is 0. The molecule has 0 unspecified atom stereocenters. The zero-order valence-electron chi connectivity index (χ0n) is 39.4. The van der Waals surface area contributed by atoms with Crippen LogP contribution in [-0.4, -0.2) is 37.3 Å². The number of benzene rings is 4. The van der Waals surface area contributed by atoms with E-state index >= 15 is 35.1 Å². The molecule has 0 atom stereocenters. The van der Waals surface area contributed by atoms with Crippen LogP contribution in [0.5, 0.6) is 0 Å². The van der Waals surface area contributed by atoms with E-state index in [1.54, 1.807) is 0 Å². The summed E-state index contributed by atoms with van der Waals surface area (Å²) >= 11 is 0. The minimum atomic E-state index is -7.22. The zero-order valence-corrected chi connectivity index (χ0v) is 39.4. The molecule has 0 spiro atoms. The van der Waals surface area contributed by atoms with Crippen LogP contribution in [0.2, 0.25) is 0 Å². The minimum absolute atomic E-state index is 1.36. The van der Waals surface area contributed by atoms with E-state index in [4.69, 9.17) is 0 Å². The summed E-state index contributed by atoms with van der Waals surface area (Å²) in [5, 5.41) is 0. The molecular weight excluding hydrogens is 993 g/mol. The SMILES string of the molecule is CCCCCCCC[N+](C)(CCCCCCCC)CCCCCCCC.Fc1c(F)c(F)c([B-](c2c(F)c(F)c(F)c(F)c2F)(c2c(F)c(F)c(F)c(F)c2F)c2c(F)c(F)c(F)c(F)c2F)c(F)c1F. The maximum absolute atomic E-state index is 15.4. The molecule has 0 aliphatic heterocycles.